The van der Waals surface area contributed by atoms with Crippen molar-refractivity contribution >= 4 is 15.9 Å². The highest BCUT2D eigenvalue weighted by molar-refractivity contribution is 9.10. The Morgan fingerprint density at radius 2 is 2.20 bits per heavy atom. The number of benzene rings is 1. The van der Waals surface area contributed by atoms with Crippen LogP contribution in [0, 0.1) is 5.92 Å². The number of aliphatic hydroxyl groups is 1. The average Bonchev–Trinajstić information content (AvgIpc) is 2.46. The standard InChI is InChI=1S/C16H24BrNO2/c1-12-7-9-18(11-16(12)20-2)10-8-15(19)13-5-3-4-6-14(13)17/h3-6,12,15-16,19H,7-11H2,1-2H3. The molecule has 1 fully saturated rings. The summed E-state index contributed by atoms with van der Waals surface area (Å²) in [7, 11) is 1.79. The molecule has 20 heavy (non-hydrogen) atoms. The van der Waals surface area contributed by atoms with Gasteiger partial charge in [0.25, 0.3) is 0 Å². The van der Waals surface area contributed by atoms with Crippen LogP contribution in [0.5, 0.6) is 0 Å². The fraction of sp³-hybridized carbons (Fsp3) is 0.625. The van der Waals surface area contributed by atoms with Crippen molar-refractivity contribution < 1.29 is 9.84 Å². The monoisotopic (exact) mass is 341 g/mol. The average molecular weight is 342 g/mol. The van der Waals surface area contributed by atoms with Crippen LogP contribution in [0.1, 0.15) is 31.4 Å². The molecule has 0 saturated carbocycles. The van der Waals surface area contributed by atoms with Crippen molar-refractivity contribution in [3.8, 4) is 0 Å². The van der Waals surface area contributed by atoms with Crippen LogP contribution in [0.3, 0.4) is 0 Å². The third-order valence-electron chi connectivity index (χ3n) is 4.26. The Balaban J connectivity index is 1.85. The van der Waals surface area contributed by atoms with E-state index in [-0.39, 0.29) is 0 Å². The molecule has 2 rings (SSSR count). The summed E-state index contributed by atoms with van der Waals surface area (Å²) in [4.78, 5) is 2.40. The lowest BCUT2D eigenvalue weighted by atomic mass is 9.95. The molecule has 1 saturated heterocycles. The second-order valence-electron chi connectivity index (χ2n) is 5.67. The van der Waals surface area contributed by atoms with E-state index in [0.29, 0.717) is 12.0 Å². The minimum absolute atomic E-state index is 0.323. The van der Waals surface area contributed by atoms with Crippen molar-refractivity contribution in [3.05, 3.63) is 34.3 Å². The summed E-state index contributed by atoms with van der Waals surface area (Å²) in [5.41, 5.74) is 0.973. The lowest BCUT2D eigenvalue weighted by Crippen LogP contribution is -2.44. The number of aliphatic hydroxyl groups excluding tert-OH is 1. The smallest absolute Gasteiger partial charge is 0.0813 e. The van der Waals surface area contributed by atoms with E-state index >= 15 is 0 Å². The molecule has 4 heteroatoms. The maximum absolute atomic E-state index is 10.3. The molecule has 1 N–H and O–H groups in total. The number of rotatable bonds is 5. The summed E-state index contributed by atoms with van der Waals surface area (Å²) < 4.78 is 6.51. The van der Waals surface area contributed by atoms with Gasteiger partial charge in [0.2, 0.25) is 0 Å². The largest absolute Gasteiger partial charge is 0.388 e. The highest BCUT2D eigenvalue weighted by Gasteiger charge is 2.26. The van der Waals surface area contributed by atoms with Gasteiger partial charge in [0.05, 0.1) is 12.2 Å². The molecule has 0 spiro atoms. The molecular formula is C16H24BrNO2. The van der Waals surface area contributed by atoms with Crippen molar-refractivity contribution in [2.75, 3.05) is 26.7 Å². The highest BCUT2D eigenvalue weighted by atomic mass is 79.9. The molecule has 1 heterocycles. The third-order valence-corrected chi connectivity index (χ3v) is 4.98. The fourth-order valence-electron chi connectivity index (χ4n) is 2.81. The first kappa shape index (κ1) is 16.0. The zero-order valence-electron chi connectivity index (χ0n) is 12.3. The number of methoxy groups -OCH3 is 1. The molecule has 3 unspecified atom stereocenters. The summed E-state index contributed by atoms with van der Waals surface area (Å²) in [5.74, 6) is 0.629. The van der Waals surface area contributed by atoms with E-state index < -0.39 is 6.10 Å². The van der Waals surface area contributed by atoms with Crippen molar-refractivity contribution in [3.63, 3.8) is 0 Å². The van der Waals surface area contributed by atoms with E-state index in [4.69, 9.17) is 4.74 Å². The van der Waals surface area contributed by atoms with E-state index in [1.165, 1.54) is 6.42 Å². The fourth-order valence-corrected chi connectivity index (χ4v) is 3.36. The number of hydrogen-bond acceptors (Lipinski definition) is 3. The van der Waals surface area contributed by atoms with Crippen molar-refractivity contribution in [2.45, 2.75) is 32.0 Å². The van der Waals surface area contributed by atoms with Crippen LogP contribution >= 0.6 is 15.9 Å². The van der Waals surface area contributed by atoms with Crippen molar-refractivity contribution in [2.24, 2.45) is 5.92 Å². The molecule has 112 valence electrons. The molecule has 1 aliphatic heterocycles. The zero-order valence-corrected chi connectivity index (χ0v) is 13.8. The van der Waals surface area contributed by atoms with Gasteiger partial charge in [-0.1, -0.05) is 41.1 Å². The van der Waals surface area contributed by atoms with Gasteiger partial charge in [-0.25, -0.2) is 0 Å². The molecule has 0 aliphatic carbocycles. The number of likely N-dealkylation sites (tertiary alicyclic amines) is 1. The van der Waals surface area contributed by atoms with Crippen LogP contribution in [-0.4, -0.2) is 42.9 Å². The molecule has 0 aromatic heterocycles. The van der Waals surface area contributed by atoms with Gasteiger partial charge in [-0.2, -0.15) is 0 Å². The van der Waals surface area contributed by atoms with Gasteiger partial charge >= 0.3 is 0 Å². The van der Waals surface area contributed by atoms with Crippen LogP contribution in [0.25, 0.3) is 0 Å². The first-order valence-corrected chi connectivity index (χ1v) is 8.08. The predicted octanol–water partition coefficient (Wildman–Crippen LogP) is 3.23. The molecule has 3 atom stereocenters. The molecule has 0 radical (unpaired) electrons. The number of ether oxygens (including phenoxy) is 1. The minimum atomic E-state index is -0.411. The van der Waals surface area contributed by atoms with Gasteiger partial charge in [-0.3, -0.25) is 0 Å². The van der Waals surface area contributed by atoms with E-state index in [2.05, 4.69) is 27.8 Å². The summed E-state index contributed by atoms with van der Waals surface area (Å²) in [6.07, 6.45) is 1.84. The predicted molar refractivity (Wildman–Crippen MR) is 84.7 cm³/mol. The van der Waals surface area contributed by atoms with E-state index in [1.807, 2.05) is 24.3 Å². The van der Waals surface area contributed by atoms with E-state index in [0.717, 1.165) is 36.1 Å². The molecule has 0 bridgehead atoms. The van der Waals surface area contributed by atoms with Crippen molar-refractivity contribution in [1.82, 2.24) is 4.90 Å². The van der Waals surface area contributed by atoms with Gasteiger partial charge in [-0.05, 0) is 36.9 Å². The topological polar surface area (TPSA) is 32.7 Å². The van der Waals surface area contributed by atoms with E-state index in [1.54, 1.807) is 7.11 Å². The Hall–Kier alpha value is -0.420. The summed E-state index contributed by atoms with van der Waals surface area (Å²) >= 11 is 3.50. The summed E-state index contributed by atoms with van der Waals surface area (Å²) in [6, 6.07) is 7.88. The van der Waals surface area contributed by atoms with Crippen LogP contribution in [0.4, 0.5) is 0 Å². The molecule has 1 aliphatic rings. The molecule has 1 aromatic carbocycles. The Labute approximate surface area is 130 Å². The van der Waals surface area contributed by atoms with Crippen LogP contribution in [0.15, 0.2) is 28.7 Å². The first-order valence-electron chi connectivity index (χ1n) is 7.29. The second-order valence-corrected chi connectivity index (χ2v) is 6.52. The second kappa shape index (κ2) is 7.55. The molecule has 0 amide bonds. The quantitative estimate of drug-likeness (QED) is 0.892. The minimum Gasteiger partial charge on any atom is -0.388 e. The van der Waals surface area contributed by atoms with E-state index in [9.17, 15) is 5.11 Å². The zero-order chi connectivity index (χ0) is 14.5. The Bertz CT molecular complexity index is 427. The van der Waals surface area contributed by atoms with Crippen LogP contribution in [0.2, 0.25) is 0 Å². The number of piperidine rings is 1. The molecular weight excluding hydrogens is 318 g/mol. The van der Waals surface area contributed by atoms with Gasteiger partial charge in [0.1, 0.15) is 0 Å². The Morgan fingerprint density at radius 1 is 1.45 bits per heavy atom. The maximum Gasteiger partial charge on any atom is 0.0813 e. The third kappa shape index (κ3) is 4.04. The Morgan fingerprint density at radius 3 is 2.90 bits per heavy atom. The lowest BCUT2D eigenvalue weighted by Gasteiger charge is -2.36. The molecule has 1 aromatic rings. The highest BCUT2D eigenvalue weighted by Crippen LogP contribution is 2.26. The SMILES string of the molecule is COC1CN(CCC(O)c2ccccc2Br)CCC1C. The van der Waals surface area contributed by atoms with Gasteiger partial charge in [-0.15, -0.1) is 0 Å². The van der Waals surface area contributed by atoms with Gasteiger partial charge < -0.3 is 14.7 Å². The normalized spacial score (nSPS) is 25.6. The number of halogens is 1. The Kier molecular flexibility index (Phi) is 6.02. The van der Waals surface area contributed by atoms with Gasteiger partial charge in [0.15, 0.2) is 0 Å². The first-order chi connectivity index (χ1) is 9.61. The number of hydrogen-bond donors (Lipinski definition) is 1. The summed E-state index contributed by atoms with van der Waals surface area (Å²) in [6.45, 7) is 5.24. The van der Waals surface area contributed by atoms with Crippen molar-refractivity contribution in [1.29, 1.82) is 0 Å². The number of nitrogens with zero attached hydrogens (tertiary/aromatic N) is 1. The van der Waals surface area contributed by atoms with Crippen LogP contribution < -0.4 is 0 Å². The molecule has 3 nitrogen and oxygen atoms in total. The lowest BCUT2D eigenvalue weighted by molar-refractivity contribution is -0.00869. The van der Waals surface area contributed by atoms with Crippen LogP contribution in [-0.2, 0) is 4.74 Å². The summed E-state index contributed by atoms with van der Waals surface area (Å²) in [5, 5.41) is 10.3. The maximum atomic E-state index is 10.3. The van der Waals surface area contributed by atoms with Gasteiger partial charge in [0, 0.05) is 24.7 Å².